The summed E-state index contributed by atoms with van der Waals surface area (Å²) in [5.74, 6) is -1.89. The Labute approximate surface area is 159 Å². The van der Waals surface area contributed by atoms with E-state index in [0.717, 1.165) is 0 Å². The zero-order valence-electron chi connectivity index (χ0n) is 14.5. The zero-order valence-corrected chi connectivity index (χ0v) is 15.3. The largest absolute Gasteiger partial charge is 0.508 e. The van der Waals surface area contributed by atoms with Gasteiger partial charge in [-0.2, -0.15) is 0 Å². The van der Waals surface area contributed by atoms with Gasteiger partial charge < -0.3 is 21.3 Å². The van der Waals surface area contributed by atoms with Gasteiger partial charge in [-0.05, 0) is 24.6 Å². The van der Waals surface area contributed by atoms with Crippen LogP contribution in [0.2, 0.25) is 0 Å². The maximum absolute atomic E-state index is 12.6. The Bertz CT molecular complexity index is 849. The van der Waals surface area contributed by atoms with Gasteiger partial charge in [-0.15, -0.1) is 11.8 Å². The number of nitrogens with zero attached hydrogens (tertiary/aromatic N) is 1. The molecule has 3 unspecified atom stereocenters. The van der Waals surface area contributed by atoms with Crippen LogP contribution in [0.3, 0.4) is 0 Å². The molecule has 0 aliphatic carbocycles. The maximum atomic E-state index is 12.6. The molecule has 27 heavy (non-hydrogen) atoms. The number of benzene rings is 1. The summed E-state index contributed by atoms with van der Waals surface area (Å²) in [7, 11) is 0. The molecular formula is C18H19N3O5S. The van der Waals surface area contributed by atoms with E-state index in [9.17, 15) is 24.6 Å². The monoisotopic (exact) mass is 389 g/mol. The molecule has 1 aromatic carbocycles. The van der Waals surface area contributed by atoms with Gasteiger partial charge in [0.1, 0.15) is 22.9 Å². The maximum Gasteiger partial charge on any atom is 0.353 e. The molecule has 0 bridgehead atoms. The molecule has 1 aromatic rings. The highest BCUT2D eigenvalue weighted by molar-refractivity contribution is 8.00. The average Bonchev–Trinajstić information content (AvgIpc) is 2.62. The lowest BCUT2D eigenvalue weighted by molar-refractivity contribution is -0.146. The van der Waals surface area contributed by atoms with Crippen LogP contribution >= 0.6 is 11.8 Å². The number of aliphatic carboxylic acids is 1. The number of carbonyl (C=O) groups excluding carboxylic acids is 2. The Hall–Kier alpha value is -2.78. The number of carboxylic acids is 1. The Morgan fingerprint density at radius 3 is 2.59 bits per heavy atom. The van der Waals surface area contributed by atoms with Crippen LogP contribution in [0.1, 0.15) is 24.9 Å². The van der Waals surface area contributed by atoms with Crippen LogP contribution in [0.5, 0.6) is 5.75 Å². The fourth-order valence-corrected chi connectivity index (χ4v) is 4.41. The fraction of sp³-hybridized carbons (Fsp3) is 0.278. The van der Waals surface area contributed by atoms with Crippen molar-refractivity contribution in [3.63, 3.8) is 0 Å². The Balaban J connectivity index is 1.87. The zero-order chi connectivity index (χ0) is 19.7. The number of nitrogens with one attached hydrogen (secondary N) is 1. The van der Waals surface area contributed by atoms with Crippen molar-refractivity contribution in [2.45, 2.75) is 30.1 Å². The van der Waals surface area contributed by atoms with Gasteiger partial charge in [0, 0.05) is 5.57 Å². The van der Waals surface area contributed by atoms with Gasteiger partial charge in [-0.3, -0.25) is 14.5 Å². The van der Waals surface area contributed by atoms with Gasteiger partial charge in [-0.1, -0.05) is 24.3 Å². The van der Waals surface area contributed by atoms with E-state index in [-0.39, 0.29) is 29.1 Å². The lowest BCUT2D eigenvalue weighted by Gasteiger charge is -2.46. The number of rotatable bonds is 5. The number of thioether (sulfide) groups is 1. The number of hydrogen-bond acceptors (Lipinski definition) is 6. The molecule has 2 aliphatic rings. The number of hydrogen-bond donors (Lipinski definition) is 4. The number of allylic oxidation sites excluding steroid dienone is 1. The molecule has 2 heterocycles. The smallest absolute Gasteiger partial charge is 0.353 e. The topological polar surface area (TPSA) is 133 Å². The minimum atomic E-state index is -1.22. The molecule has 8 nitrogen and oxygen atoms in total. The minimum absolute atomic E-state index is 0.0633. The molecule has 3 rings (SSSR count). The van der Waals surface area contributed by atoms with E-state index >= 15 is 0 Å². The lowest BCUT2D eigenvalue weighted by atomic mass is 10.0. The lowest BCUT2D eigenvalue weighted by Crippen LogP contribution is -2.57. The van der Waals surface area contributed by atoms with Crippen molar-refractivity contribution in [2.24, 2.45) is 5.73 Å². The first kappa shape index (κ1) is 19.0. The number of fused-ring (bicyclic) bond motifs is 1. The Kier molecular flexibility index (Phi) is 5.24. The normalized spacial score (nSPS) is 23.0. The van der Waals surface area contributed by atoms with Gasteiger partial charge in [0.15, 0.2) is 0 Å². The molecule has 1 saturated heterocycles. The Morgan fingerprint density at radius 1 is 1.37 bits per heavy atom. The van der Waals surface area contributed by atoms with Gasteiger partial charge in [0.2, 0.25) is 11.8 Å². The van der Waals surface area contributed by atoms with Crippen LogP contribution < -0.4 is 11.1 Å². The van der Waals surface area contributed by atoms with E-state index in [2.05, 4.69) is 5.32 Å². The third kappa shape index (κ3) is 3.56. The predicted molar refractivity (Wildman–Crippen MR) is 99.3 cm³/mol. The second-order valence-corrected chi connectivity index (χ2v) is 7.41. The highest BCUT2D eigenvalue weighted by atomic mass is 32.2. The summed E-state index contributed by atoms with van der Waals surface area (Å²) in [6.07, 6.45) is 3.46. The van der Waals surface area contributed by atoms with E-state index in [1.54, 1.807) is 31.2 Å². The number of carboxylic acid groups (broad SMARTS) is 1. The van der Waals surface area contributed by atoms with Gasteiger partial charge >= 0.3 is 5.97 Å². The van der Waals surface area contributed by atoms with Crippen molar-refractivity contribution in [3.8, 4) is 5.75 Å². The average molecular weight is 389 g/mol. The second-order valence-electron chi connectivity index (χ2n) is 6.13. The van der Waals surface area contributed by atoms with Gasteiger partial charge in [0.05, 0.1) is 11.8 Å². The van der Waals surface area contributed by atoms with Crippen molar-refractivity contribution in [3.05, 3.63) is 53.3 Å². The fourth-order valence-electron chi connectivity index (χ4n) is 2.99. The molecule has 1 fully saturated rings. The molecule has 9 heteroatoms. The first-order valence-electron chi connectivity index (χ1n) is 8.26. The van der Waals surface area contributed by atoms with Crippen molar-refractivity contribution in [1.29, 1.82) is 0 Å². The molecule has 2 aliphatic heterocycles. The molecule has 5 N–H and O–H groups in total. The van der Waals surface area contributed by atoms with Crippen LogP contribution in [0.4, 0.5) is 0 Å². The van der Waals surface area contributed by atoms with Crippen molar-refractivity contribution in [1.82, 2.24) is 10.2 Å². The highest BCUT2D eigenvalue weighted by Gasteiger charge is 2.48. The summed E-state index contributed by atoms with van der Waals surface area (Å²) >= 11 is 1.30. The summed E-state index contributed by atoms with van der Waals surface area (Å²) in [5, 5.41) is 20.7. The van der Waals surface area contributed by atoms with Crippen LogP contribution in [0.15, 0.2) is 47.7 Å². The van der Waals surface area contributed by atoms with E-state index in [1.807, 2.05) is 0 Å². The standard InChI is InChI=1S/C18H19N3O5S/c1-2-3-11-15(18(25)26)21-12(23)8-13(21)27-17(11)20-16(24)14(19)9-4-6-10(22)7-5-9/h2-7,13-14,17,22H,8,19H2,1H3,(H,20,24)(H,25,26). The van der Waals surface area contributed by atoms with Crippen LogP contribution in [0, 0.1) is 0 Å². The number of phenols is 1. The summed E-state index contributed by atoms with van der Waals surface area (Å²) < 4.78 is 0. The van der Waals surface area contributed by atoms with Gasteiger partial charge in [-0.25, -0.2) is 4.79 Å². The van der Waals surface area contributed by atoms with E-state index in [1.165, 1.54) is 28.8 Å². The molecule has 2 amide bonds. The molecule has 0 saturated carbocycles. The summed E-state index contributed by atoms with van der Waals surface area (Å²) in [6, 6.07) is 4.98. The van der Waals surface area contributed by atoms with Crippen molar-refractivity contribution < 1.29 is 24.6 Å². The van der Waals surface area contributed by atoms with Crippen molar-refractivity contribution in [2.75, 3.05) is 0 Å². The Morgan fingerprint density at radius 2 is 2.04 bits per heavy atom. The molecule has 142 valence electrons. The number of carbonyl (C=O) groups is 3. The minimum Gasteiger partial charge on any atom is -0.508 e. The third-order valence-electron chi connectivity index (χ3n) is 4.35. The van der Waals surface area contributed by atoms with Crippen LogP contribution in [-0.4, -0.2) is 43.6 Å². The third-order valence-corrected chi connectivity index (χ3v) is 5.69. The van der Waals surface area contributed by atoms with E-state index < -0.39 is 23.3 Å². The predicted octanol–water partition coefficient (Wildman–Crippen LogP) is 1.05. The molecule has 0 spiro atoms. The summed E-state index contributed by atoms with van der Waals surface area (Å²) in [5.41, 5.74) is 6.74. The van der Waals surface area contributed by atoms with Gasteiger partial charge in [0.25, 0.3) is 0 Å². The molecule has 0 aromatic heterocycles. The number of nitrogens with two attached hydrogens (primary N) is 1. The molecular weight excluding hydrogens is 370 g/mol. The quantitative estimate of drug-likeness (QED) is 0.553. The van der Waals surface area contributed by atoms with Crippen molar-refractivity contribution >= 4 is 29.5 Å². The SMILES string of the molecule is CC=CC1=C(C(=O)O)N2C(=O)CC2SC1NC(=O)C(N)c1ccc(O)cc1. The number of phenolic OH excluding ortho intramolecular Hbond substituents is 1. The molecule has 3 atom stereocenters. The second kappa shape index (κ2) is 7.45. The van der Waals surface area contributed by atoms with Crippen LogP contribution in [0.25, 0.3) is 0 Å². The van der Waals surface area contributed by atoms with E-state index in [4.69, 9.17) is 5.73 Å². The number of β-lactam (4-membered cyclic amide) rings is 1. The van der Waals surface area contributed by atoms with E-state index in [0.29, 0.717) is 11.1 Å². The summed E-state index contributed by atoms with van der Waals surface area (Å²) in [6.45, 7) is 1.72. The first-order chi connectivity index (χ1) is 12.8. The van der Waals surface area contributed by atoms with Crippen LogP contribution in [-0.2, 0) is 14.4 Å². The number of amides is 2. The number of aromatic hydroxyl groups is 1. The summed E-state index contributed by atoms with van der Waals surface area (Å²) in [4.78, 5) is 37.4. The first-order valence-corrected chi connectivity index (χ1v) is 9.20. The molecule has 0 radical (unpaired) electrons. The highest BCUT2D eigenvalue weighted by Crippen LogP contribution is 2.43.